The smallest absolute Gasteiger partial charge is 0.363 e. The van der Waals surface area contributed by atoms with Crippen molar-refractivity contribution in [3.63, 3.8) is 0 Å². The van der Waals surface area contributed by atoms with E-state index in [4.69, 9.17) is 0 Å². The molecule has 1 aliphatic rings. The monoisotopic (exact) mass is 436 g/mol. The molecule has 10 heteroatoms. The van der Waals surface area contributed by atoms with E-state index in [1.807, 2.05) is 36.9 Å². The first-order valence-corrected chi connectivity index (χ1v) is 9.74. The molecule has 31 heavy (non-hydrogen) atoms. The van der Waals surface area contributed by atoms with Gasteiger partial charge in [0.05, 0.1) is 17.0 Å². The Morgan fingerprint density at radius 2 is 1.74 bits per heavy atom. The molecule has 0 aliphatic carbocycles. The van der Waals surface area contributed by atoms with Crippen LogP contribution in [0.25, 0.3) is 0 Å². The van der Waals surface area contributed by atoms with Gasteiger partial charge in [-0.1, -0.05) is 6.07 Å². The van der Waals surface area contributed by atoms with Crippen molar-refractivity contribution in [3.05, 3.63) is 63.2 Å². The number of hydrogen-bond donors (Lipinski definition) is 1. The van der Waals surface area contributed by atoms with Crippen LogP contribution in [-0.4, -0.2) is 48.5 Å². The Labute approximate surface area is 177 Å². The highest BCUT2D eigenvalue weighted by molar-refractivity contribution is 5.92. The maximum Gasteiger partial charge on any atom is 0.416 e. The second-order valence-electron chi connectivity index (χ2n) is 7.57. The van der Waals surface area contributed by atoms with Gasteiger partial charge in [0.25, 0.3) is 5.69 Å². The summed E-state index contributed by atoms with van der Waals surface area (Å²) in [6.07, 6.45) is -4.65. The fourth-order valence-electron chi connectivity index (χ4n) is 3.48. The topological polar surface area (TPSA) is 78.7 Å². The predicted octanol–water partition coefficient (Wildman–Crippen LogP) is 3.99. The summed E-state index contributed by atoms with van der Waals surface area (Å²) in [6.45, 7) is 5.76. The number of carbonyl (C=O) groups is 1. The lowest BCUT2D eigenvalue weighted by Gasteiger charge is -2.35. The molecule has 0 saturated carbocycles. The fourth-order valence-corrected chi connectivity index (χ4v) is 3.48. The van der Waals surface area contributed by atoms with Gasteiger partial charge in [-0.05, 0) is 49.2 Å². The summed E-state index contributed by atoms with van der Waals surface area (Å²) in [5, 5.41) is 14.2. The van der Waals surface area contributed by atoms with Crippen LogP contribution in [0.1, 0.15) is 16.7 Å². The first kappa shape index (κ1) is 22.5. The first-order chi connectivity index (χ1) is 14.5. The number of halogens is 3. The minimum atomic E-state index is -4.65. The number of nitro groups is 1. The van der Waals surface area contributed by atoms with Crippen LogP contribution in [0.4, 0.5) is 30.2 Å². The summed E-state index contributed by atoms with van der Waals surface area (Å²) in [6, 6.07) is 8.23. The van der Waals surface area contributed by atoms with E-state index in [1.165, 1.54) is 0 Å². The van der Waals surface area contributed by atoms with Gasteiger partial charge in [0.1, 0.15) is 5.69 Å². The number of aryl methyl sites for hydroxylation is 2. The number of rotatable bonds is 5. The van der Waals surface area contributed by atoms with Crippen molar-refractivity contribution in [1.29, 1.82) is 0 Å². The van der Waals surface area contributed by atoms with Crippen LogP contribution >= 0.6 is 0 Å². The highest BCUT2D eigenvalue weighted by Gasteiger charge is 2.34. The van der Waals surface area contributed by atoms with E-state index in [9.17, 15) is 28.1 Å². The Hall–Kier alpha value is -3.14. The van der Waals surface area contributed by atoms with E-state index in [0.717, 1.165) is 23.3 Å². The SMILES string of the molecule is Cc1ccc(NC(=O)CN2CCN(c3ccc(C(F)(F)F)cc3[N+](=O)[O-])CC2)cc1C. The first-order valence-electron chi connectivity index (χ1n) is 9.74. The van der Waals surface area contributed by atoms with Gasteiger partial charge in [-0.3, -0.25) is 19.8 Å². The molecule has 2 aromatic rings. The molecule has 2 aromatic carbocycles. The third-order valence-corrected chi connectivity index (χ3v) is 5.37. The number of nitro benzene ring substituents is 1. The van der Waals surface area contributed by atoms with Gasteiger partial charge in [0, 0.05) is 37.9 Å². The Balaban J connectivity index is 1.61. The molecule has 0 aromatic heterocycles. The van der Waals surface area contributed by atoms with Gasteiger partial charge in [0.15, 0.2) is 0 Å². The number of benzene rings is 2. The van der Waals surface area contributed by atoms with Crippen LogP contribution in [0, 0.1) is 24.0 Å². The molecule has 0 spiro atoms. The molecule has 1 N–H and O–H groups in total. The van der Waals surface area contributed by atoms with E-state index in [0.29, 0.717) is 37.9 Å². The maximum absolute atomic E-state index is 12.9. The van der Waals surface area contributed by atoms with Crippen molar-refractivity contribution in [2.24, 2.45) is 0 Å². The molecule has 1 aliphatic heterocycles. The number of alkyl halides is 3. The van der Waals surface area contributed by atoms with Gasteiger partial charge < -0.3 is 10.2 Å². The molecule has 1 saturated heterocycles. The highest BCUT2D eigenvalue weighted by atomic mass is 19.4. The Kier molecular flexibility index (Phi) is 6.49. The van der Waals surface area contributed by atoms with E-state index >= 15 is 0 Å². The van der Waals surface area contributed by atoms with Crippen LogP contribution in [0.15, 0.2) is 36.4 Å². The molecular formula is C21H23F3N4O3. The zero-order chi connectivity index (χ0) is 22.8. The lowest BCUT2D eigenvalue weighted by Crippen LogP contribution is -2.48. The van der Waals surface area contributed by atoms with Crippen molar-refractivity contribution < 1.29 is 22.9 Å². The molecule has 0 radical (unpaired) electrons. The molecule has 1 heterocycles. The van der Waals surface area contributed by atoms with Crippen LogP contribution < -0.4 is 10.2 Å². The fraction of sp³-hybridized carbons (Fsp3) is 0.381. The standard InChI is InChI=1S/C21H23F3N4O3/c1-14-3-5-17(11-15(14)2)25-20(29)13-26-7-9-27(10-8-26)18-6-4-16(21(22,23)24)12-19(18)28(30)31/h3-6,11-12H,7-10,13H2,1-2H3,(H,25,29). The average Bonchev–Trinajstić information content (AvgIpc) is 2.70. The van der Waals surface area contributed by atoms with Crippen molar-refractivity contribution in [1.82, 2.24) is 4.90 Å². The Morgan fingerprint density at radius 3 is 2.32 bits per heavy atom. The largest absolute Gasteiger partial charge is 0.416 e. The molecule has 7 nitrogen and oxygen atoms in total. The number of nitrogens with zero attached hydrogens (tertiary/aromatic N) is 3. The lowest BCUT2D eigenvalue weighted by molar-refractivity contribution is -0.384. The summed E-state index contributed by atoms with van der Waals surface area (Å²) < 4.78 is 38.7. The number of carbonyl (C=O) groups excluding carboxylic acids is 1. The third-order valence-electron chi connectivity index (χ3n) is 5.37. The van der Waals surface area contributed by atoms with Gasteiger partial charge >= 0.3 is 6.18 Å². The second-order valence-corrected chi connectivity index (χ2v) is 7.57. The quantitative estimate of drug-likeness (QED) is 0.566. The summed E-state index contributed by atoms with van der Waals surface area (Å²) in [4.78, 5) is 26.4. The van der Waals surface area contributed by atoms with Gasteiger partial charge in [-0.15, -0.1) is 0 Å². The van der Waals surface area contributed by atoms with Crippen LogP contribution in [0.2, 0.25) is 0 Å². The zero-order valence-electron chi connectivity index (χ0n) is 17.2. The van der Waals surface area contributed by atoms with Crippen molar-refractivity contribution in [2.75, 3.05) is 42.9 Å². The zero-order valence-corrected chi connectivity index (χ0v) is 17.2. The number of hydrogen-bond acceptors (Lipinski definition) is 5. The average molecular weight is 436 g/mol. The highest BCUT2D eigenvalue weighted by Crippen LogP contribution is 2.36. The van der Waals surface area contributed by atoms with E-state index < -0.39 is 22.4 Å². The molecule has 0 bridgehead atoms. The number of piperazine rings is 1. The molecular weight excluding hydrogens is 413 g/mol. The van der Waals surface area contributed by atoms with Crippen molar-refractivity contribution >= 4 is 23.0 Å². The van der Waals surface area contributed by atoms with Crippen LogP contribution in [0.3, 0.4) is 0 Å². The Bertz CT molecular complexity index is 986. The van der Waals surface area contributed by atoms with E-state index in [1.54, 1.807) is 4.90 Å². The summed E-state index contributed by atoms with van der Waals surface area (Å²) in [5.41, 5.74) is 1.45. The van der Waals surface area contributed by atoms with Gasteiger partial charge in [-0.2, -0.15) is 13.2 Å². The number of nitrogens with one attached hydrogen (secondary N) is 1. The normalized spacial score (nSPS) is 15.1. The van der Waals surface area contributed by atoms with Crippen molar-refractivity contribution in [3.8, 4) is 0 Å². The molecule has 1 fully saturated rings. The summed E-state index contributed by atoms with van der Waals surface area (Å²) in [5.74, 6) is -0.169. The van der Waals surface area contributed by atoms with Gasteiger partial charge in [-0.25, -0.2) is 0 Å². The minimum absolute atomic E-state index is 0.150. The molecule has 1 amide bonds. The molecule has 0 unspecified atom stereocenters. The Morgan fingerprint density at radius 1 is 1.06 bits per heavy atom. The van der Waals surface area contributed by atoms with Crippen molar-refractivity contribution in [2.45, 2.75) is 20.0 Å². The lowest BCUT2D eigenvalue weighted by atomic mass is 10.1. The number of amides is 1. The summed E-state index contributed by atoms with van der Waals surface area (Å²) in [7, 11) is 0. The molecule has 166 valence electrons. The van der Waals surface area contributed by atoms with Crippen LogP contribution in [0.5, 0.6) is 0 Å². The van der Waals surface area contributed by atoms with E-state index in [2.05, 4.69) is 5.32 Å². The minimum Gasteiger partial charge on any atom is -0.363 e. The number of anilines is 2. The summed E-state index contributed by atoms with van der Waals surface area (Å²) >= 11 is 0. The van der Waals surface area contributed by atoms with E-state index in [-0.39, 0.29) is 18.1 Å². The third kappa shape index (κ3) is 5.52. The van der Waals surface area contributed by atoms with Crippen LogP contribution in [-0.2, 0) is 11.0 Å². The maximum atomic E-state index is 12.9. The van der Waals surface area contributed by atoms with Gasteiger partial charge in [0.2, 0.25) is 5.91 Å². The predicted molar refractivity (Wildman–Crippen MR) is 111 cm³/mol. The second kappa shape index (κ2) is 8.93. The molecule has 3 rings (SSSR count). The molecule has 0 atom stereocenters.